The minimum absolute atomic E-state index is 0.577. The third-order valence-corrected chi connectivity index (χ3v) is 4.26. The van der Waals surface area contributed by atoms with E-state index in [0.29, 0.717) is 11.6 Å². The van der Waals surface area contributed by atoms with Gasteiger partial charge in [-0.15, -0.1) is 11.3 Å². The molecule has 0 unspecified atom stereocenters. The van der Waals surface area contributed by atoms with Crippen LogP contribution in [0.3, 0.4) is 0 Å². The first-order valence-electron chi connectivity index (χ1n) is 5.86. The van der Waals surface area contributed by atoms with Crippen LogP contribution in [0.2, 0.25) is 5.02 Å². The highest BCUT2D eigenvalue weighted by molar-refractivity contribution is 7.21. The molecule has 0 saturated heterocycles. The first-order chi connectivity index (χ1) is 9.28. The van der Waals surface area contributed by atoms with Crippen LogP contribution in [0, 0.1) is 0 Å². The van der Waals surface area contributed by atoms with E-state index in [1.165, 1.54) is 0 Å². The van der Waals surface area contributed by atoms with Crippen LogP contribution in [0.4, 0.5) is 0 Å². The van der Waals surface area contributed by atoms with Crippen LogP contribution in [-0.2, 0) is 6.54 Å². The van der Waals surface area contributed by atoms with Crippen LogP contribution in [-0.4, -0.2) is 4.98 Å². The van der Waals surface area contributed by atoms with Crippen LogP contribution in [0.5, 0.6) is 0 Å². The highest BCUT2D eigenvalue weighted by Crippen LogP contribution is 2.34. The second-order valence-electron chi connectivity index (χ2n) is 4.18. The number of hydrogen-bond donors (Lipinski definition) is 2. The van der Waals surface area contributed by atoms with Gasteiger partial charge in [0.15, 0.2) is 0 Å². The molecule has 0 saturated carbocycles. The number of benzene rings is 2. The van der Waals surface area contributed by atoms with Crippen molar-refractivity contribution in [3.05, 3.63) is 53.1 Å². The Bertz CT molecular complexity index is 709. The summed E-state index contributed by atoms with van der Waals surface area (Å²) in [4.78, 5) is 4.65. The standard InChI is InChI=1S/C14H12ClN3S/c15-11-6-10(8-17-16)13-12(7-11)18-14(19-13)9-4-2-1-3-5-9/h1-7,17H,8,16H2. The Hall–Kier alpha value is -1.46. The number of nitrogens with zero attached hydrogens (tertiary/aromatic N) is 1. The molecule has 0 atom stereocenters. The lowest BCUT2D eigenvalue weighted by Gasteiger charge is -2.01. The zero-order chi connectivity index (χ0) is 13.2. The molecule has 3 nitrogen and oxygen atoms in total. The fourth-order valence-electron chi connectivity index (χ4n) is 2.01. The molecule has 2 aromatic carbocycles. The Labute approximate surface area is 120 Å². The lowest BCUT2D eigenvalue weighted by Crippen LogP contribution is -2.20. The van der Waals surface area contributed by atoms with Gasteiger partial charge in [0.05, 0.1) is 10.2 Å². The molecule has 5 heteroatoms. The van der Waals surface area contributed by atoms with Gasteiger partial charge in [0.1, 0.15) is 5.01 Å². The van der Waals surface area contributed by atoms with Gasteiger partial charge in [-0.3, -0.25) is 11.3 Å². The van der Waals surface area contributed by atoms with Gasteiger partial charge in [0, 0.05) is 17.1 Å². The first kappa shape index (κ1) is 12.6. The second kappa shape index (κ2) is 5.27. The number of aromatic nitrogens is 1. The third-order valence-electron chi connectivity index (χ3n) is 2.85. The van der Waals surface area contributed by atoms with E-state index in [-0.39, 0.29) is 0 Å². The highest BCUT2D eigenvalue weighted by atomic mass is 35.5. The Balaban J connectivity index is 2.17. The van der Waals surface area contributed by atoms with Crippen LogP contribution >= 0.6 is 22.9 Å². The van der Waals surface area contributed by atoms with Crippen LogP contribution in [0.1, 0.15) is 5.56 Å². The quantitative estimate of drug-likeness (QED) is 0.572. The number of thiazole rings is 1. The zero-order valence-corrected chi connectivity index (χ0v) is 11.6. The number of nitrogens with one attached hydrogen (secondary N) is 1. The van der Waals surface area contributed by atoms with E-state index in [2.05, 4.69) is 22.5 Å². The van der Waals surface area contributed by atoms with Gasteiger partial charge in [-0.25, -0.2) is 4.98 Å². The molecule has 96 valence electrons. The van der Waals surface area contributed by atoms with E-state index < -0.39 is 0 Å². The first-order valence-corrected chi connectivity index (χ1v) is 7.05. The molecule has 0 fully saturated rings. The summed E-state index contributed by atoms with van der Waals surface area (Å²) in [5, 5.41) is 1.68. The maximum absolute atomic E-state index is 6.11. The summed E-state index contributed by atoms with van der Waals surface area (Å²) >= 11 is 7.77. The fourth-order valence-corrected chi connectivity index (χ4v) is 3.31. The van der Waals surface area contributed by atoms with Gasteiger partial charge < -0.3 is 0 Å². The van der Waals surface area contributed by atoms with Gasteiger partial charge in [0.2, 0.25) is 0 Å². The molecule has 0 aliphatic heterocycles. The van der Waals surface area contributed by atoms with Gasteiger partial charge in [-0.05, 0) is 17.7 Å². The van der Waals surface area contributed by atoms with Crippen molar-refractivity contribution in [3.8, 4) is 10.6 Å². The normalized spacial score (nSPS) is 11.1. The van der Waals surface area contributed by atoms with Crippen molar-refractivity contribution in [2.45, 2.75) is 6.54 Å². The topological polar surface area (TPSA) is 50.9 Å². The molecule has 3 rings (SSSR count). The van der Waals surface area contributed by atoms with Crippen LogP contribution < -0.4 is 11.3 Å². The van der Waals surface area contributed by atoms with E-state index in [1.807, 2.05) is 30.3 Å². The summed E-state index contributed by atoms with van der Waals surface area (Å²) in [6.07, 6.45) is 0. The molecule has 3 N–H and O–H groups in total. The molecule has 19 heavy (non-hydrogen) atoms. The van der Waals surface area contributed by atoms with E-state index in [4.69, 9.17) is 17.4 Å². The molecule has 0 amide bonds. The number of fused-ring (bicyclic) bond motifs is 1. The molecular weight excluding hydrogens is 278 g/mol. The number of nitrogens with two attached hydrogens (primary N) is 1. The Kier molecular flexibility index (Phi) is 3.48. The maximum Gasteiger partial charge on any atom is 0.124 e. The molecule has 1 aromatic heterocycles. The van der Waals surface area contributed by atoms with Gasteiger partial charge in [-0.2, -0.15) is 0 Å². The average Bonchev–Trinajstić information content (AvgIpc) is 2.84. The monoisotopic (exact) mass is 289 g/mol. The summed E-state index contributed by atoms with van der Waals surface area (Å²) < 4.78 is 1.13. The Morgan fingerprint density at radius 3 is 2.74 bits per heavy atom. The molecule has 0 radical (unpaired) electrons. The molecule has 0 bridgehead atoms. The molecule has 3 aromatic rings. The Morgan fingerprint density at radius 1 is 1.21 bits per heavy atom. The summed E-state index contributed by atoms with van der Waals surface area (Å²) in [6, 6.07) is 13.9. The van der Waals surface area contributed by atoms with Gasteiger partial charge in [-0.1, -0.05) is 41.9 Å². The van der Waals surface area contributed by atoms with E-state index in [9.17, 15) is 0 Å². The second-order valence-corrected chi connectivity index (χ2v) is 5.61. The van der Waals surface area contributed by atoms with Crippen molar-refractivity contribution in [1.82, 2.24) is 10.4 Å². The minimum Gasteiger partial charge on any atom is -0.271 e. The molecule has 1 heterocycles. The number of halogens is 1. The van der Waals surface area contributed by atoms with Crippen molar-refractivity contribution < 1.29 is 0 Å². The van der Waals surface area contributed by atoms with Crippen molar-refractivity contribution in [1.29, 1.82) is 0 Å². The van der Waals surface area contributed by atoms with Crippen molar-refractivity contribution >= 4 is 33.2 Å². The predicted molar refractivity (Wildman–Crippen MR) is 81.1 cm³/mol. The molecule has 0 aliphatic rings. The largest absolute Gasteiger partial charge is 0.271 e. The van der Waals surface area contributed by atoms with Crippen molar-refractivity contribution in [3.63, 3.8) is 0 Å². The highest BCUT2D eigenvalue weighted by Gasteiger charge is 2.10. The third kappa shape index (κ3) is 2.48. The van der Waals surface area contributed by atoms with Crippen molar-refractivity contribution in [2.75, 3.05) is 0 Å². The molecule has 0 aliphatic carbocycles. The van der Waals surface area contributed by atoms with Gasteiger partial charge in [0.25, 0.3) is 0 Å². The maximum atomic E-state index is 6.11. The number of hydrazine groups is 1. The van der Waals surface area contributed by atoms with Crippen LogP contribution in [0.15, 0.2) is 42.5 Å². The smallest absolute Gasteiger partial charge is 0.124 e. The lowest BCUT2D eigenvalue weighted by molar-refractivity contribution is 0.746. The van der Waals surface area contributed by atoms with Gasteiger partial charge >= 0.3 is 0 Å². The summed E-state index contributed by atoms with van der Waals surface area (Å²) in [5.41, 5.74) is 5.78. The average molecular weight is 290 g/mol. The minimum atomic E-state index is 0.577. The summed E-state index contributed by atoms with van der Waals surface area (Å²) in [5.74, 6) is 5.41. The molecular formula is C14H12ClN3S. The SMILES string of the molecule is NNCc1cc(Cl)cc2nc(-c3ccccc3)sc12. The summed E-state index contributed by atoms with van der Waals surface area (Å²) in [7, 11) is 0. The zero-order valence-electron chi connectivity index (χ0n) is 10.1. The lowest BCUT2D eigenvalue weighted by atomic mass is 10.2. The fraction of sp³-hybridized carbons (Fsp3) is 0.0714. The van der Waals surface area contributed by atoms with E-state index >= 15 is 0 Å². The molecule has 0 spiro atoms. The van der Waals surface area contributed by atoms with Crippen molar-refractivity contribution in [2.24, 2.45) is 5.84 Å². The number of rotatable bonds is 3. The predicted octanol–water partition coefficient (Wildman–Crippen LogP) is 3.58. The van der Waals surface area contributed by atoms with Crippen LogP contribution in [0.25, 0.3) is 20.8 Å². The number of hydrogen-bond acceptors (Lipinski definition) is 4. The van der Waals surface area contributed by atoms with E-state index in [0.717, 1.165) is 26.4 Å². The summed E-state index contributed by atoms with van der Waals surface area (Å²) in [6.45, 7) is 0.577. The van der Waals surface area contributed by atoms with E-state index in [1.54, 1.807) is 11.3 Å². The Morgan fingerprint density at radius 2 is 2.00 bits per heavy atom.